The molecular weight excluding hydrogens is 282 g/mol. The molecule has 1 saturated carbocycles. The minimum atomic E-state index is -0.673. The van der Waals surface area contributed by atoms with Gasteiger partial charge in [0.2, 0.25) is 5.15 Å². The van der Waals surface area contributed by atoms with Crippen molar-refractivity contribution in [1.29, 1.82) is 0 Å². The average Bonchev–Trinajstić information content (AvgIpc) is 2.38. The van der Waals surface area contributed by atoms with Crippen molar-refractivity contribution in [1.82, 2.24) is 10.3 Å². The van der Waals surface area contributed by atoms with Crippen molar-refractivity contribution in [3.63, 3.8) is 0 Å². The molecule has 108 valence electrons. The molecule has 0 atom stereocenters. The molecule has 0 aromatic carbocycles. The molecule has 2 rings (SSSR count). The largest absolute Gasteiger partial charge is 0.347 e. The molecule has 1 fully saturated rings. The summed E-state index contributed by atoms with van der Waals surface area (Å²) in [5, 5.41) is 13.7. The smallest absolute Gasteiger partial charge is 0.319 e. The Balaban J connectivity index is 2.25. The summed E-state index contributed by atoms with van der Waals surface area (Å²) in [5.74, 6) is -0.467. The van der Waals surface area contributed by atoms with Gasteiger partial charge < -0.3 is 5.32 Å². The molecule has 0 aliphatic heterocycles. The van der Waals surface area contributed by atoms with Gasteiger partial charge in [0, 0.05) is 11.7 Å². The molecule has 1 aromatic rings. The molecule has 1 aliphatic rings. The van der Waals surface area contributed by atoms with Crippen molar-refractivity contribution in [3.8, 4) is 0 Å². The van der Waals surface area contributed by atoms with Gasteiger partial charge in [-0.25, -0.2) is 4.98 Å². The molecule has 1 aliphatic carbocycles. The first kappa shape index (κ1) is 14.7. The summed E-state index contributed by atoms with van der Waals surface area (Å²) in [6.07, 6.45) is 6.32. The molecular formula is C13H16ClN3O3. The SMILES string of the molecule is CC1(NC(=O)c2ccnc(Cl)c2[N+](=O)[O-])CCCCC1. The van der Waals surface area contributed by atoms with Gasteiger partial charge in [-0.2, -0.15) is 0 Å². The first-order valence-electron chi connectivity index (χ1n) is 6.54. The van der Waals surface area contributed by atoms with E-state index in [-0.39, 0.29) is 16.3 Å². The summed E-state index contributed by atoms with van der Waals surface area (Å²) in [6.45, 7) is 1.97. The maximum atomic E-state index is 12.3. The minimum absolute atomic E-state index is 0.0400. The Hall–Kier alpha value is -1.69. The number of carbonyl (C=O) groups is 1. The molecule has 20 heavy (non-hydrogen) atoms. The number of hydrogen-bond donors (Lipinski definition) is 1. The first-order chi connectivity index (χ1) is 9.43. The van der Waals surface area contributed by atoms with Gasteiger partial charge in [0.1, 0.15) is 5.56 Å². The number of carbonyl (C=O) groups excluding carboxylic acids is 1. The van der Waals surface area contributed by atoms with Crippen LogP contribution in [-0.2, 0) is 0 Å². The van der Waals surface area contributed by atoms with Crippen LogP contribution < -0.4 is 5.32 Å². The molecule has 1 N–H and O–H groups in total. The number of rotatable bonds is 3. The molecule has 6 nitrogen and oxygen atoms in total. The Morgan fingerprint density at radius 1 is 1.45 bits per heavy atom. The number of nitrogens with one attached hydrogen (secondary N) is 1. The fourth-order valence-electron chi connectivity index (χ4n) is 2.58. The van der Waals surface area contributed by atoms with Crippen LogP contribution in [0.5, 0.6) is 0 Å². The Labute approximate surface area is 121 Å². The topological polar surface area (TPSA) is 85.1 Å². The molecule has 0 unspecified atom stereocenters. The third kappa shape index (κ3) is 3.07. The van der Waals surface area contributed by atoms with Crippen LogP contribution in [0.15, 0.2) is 12.3 Å². The quantitative estimate of drug-likeness (QED) is 0.528. The van der Waals surface area contributed by atoms with Crippen LogP contribution in [0.2, 0.25) is 5.15 Å². The number of nitro groups is 1. The second-order valence-corrected chi connectivity index (χ2v) is 5.69. The van der Waals surface area contributed by atoms with E-state index in [1.165, 1.54) is 12.3 Å². The van der Waals surface area contributed by atoms with Crippen molar-refractivity contribution in [3.05, 3.63) is 33.1 Å². The molecule has 0 radical (unpaired) electrons. The Kier molecular flexibility index (Phi) is 4.23. The fraction of sp³-hybridized carbons (Fsp3) is 0.538. The van der Waals surface area contributed by atoms with Crippen LogP contribution in [0.25, 0.3) is 0 Å². The predicted octanol–water partition coefficient (Wildman–Crippen LogP) is 3.10. The number of hydrogen-bond acceptors (Lipinski definition) is 4. The lowest BCUT2D eigenvalue weighted by Gasteiger charge is -2.34. The number of amides is 1. The summed E-state index contributed by atoms with van der Waals surface area (Å²) in [6, 6.07) is 1.32. The van der Waals surface area contributed by atoms with E-state index < -0.39 is 16.5 Å². The standard InChI is InChI=1S/C13H16ClN3O3/c1-13(6-3-2-4-7-13)16-12(18)9-5-8-15-11(14)10(9)17(19)20/h5,8H,2-4,6-7H2,1H3,(H,16,18). The van der Waals surface area contributed by atoms with E-state index >= 15 is 0 Å². The van der Waals surface area contributed by atoms with Crippen molar-refractivity contribution >= 4 is 23.2 Å². The van der Waals surface area contributed by atoms with Gasteiger partial charge >= 0.3 is 5.69 Å². The normalized spacial score (nSPS) is 17.5. The minimum Gasteiger partial charge on any atom is -0.347 e. The van der Waals surface area contributed by atoms with Gasteiger partial charge in [0.05, 0.1) is 4.92 Å². The lowest BCUT2D eigenvalue weighted by Crippen LogP contribution is -2.47. The zero-order valence-electron chi connectivity index (χ0n) is 11.2. The molecule has 1 amide bonds. The van der Waals surface area contributed by atoms with Gasteiger partial charge in [-0.1, -0.05) is 30.9 Å². The van der Waals surface area contributed by atoms with Crippen molar-refractivity contribution in [2.45, 2.75) is 44.6 Å². The molecule has 7 heteroatoms. The molecule has 0 spiro atoms. The van der Waals surface area contributed by atoms with E-state index in [1.807, 2.05) is 6.92 Å². The van der Waals surface area contributed by atoms with Gasteiger partial charge in [0.25, 0.3) is 5.91 Å². The number of nitrogens with zero attached hydrogens (tertiary/aromatic N) is 2. The number of pyridine rings is 1. The molecule has 1 aromatic heterocycles. The summed E-state index contributed by atoms with van der Waals surface area (Å²) >= 11 is 5.71. The maximum Gasteiger partial charge on any atom is 0.319 e. The first-order valence-corrected chi connectivity index (χ1v) is 6.92. The van der Waals surface area contributed by atoms with Crippen LogP contribution >= 0.6 is 11.6 Å². The Morgan fingerprint density at radius 3 is 2.70 bits per heavy atom. The summed E-state index contributed by atoms with van der Waals surface area (Å²) < 4.78 is 0. The molecule has 1 heterocycles. The van der Waals surface area contributed by atoms with Crippen LogP contribution in [0.4, 0.5) is 5.69 Å². The van der Waals surface area contributed by atoms with E-state index in [0.717, 1.165) is 32.1 Å². The highest BCUT2D eigenvalue weighted by Crippen LogP contribution is 2.30. The van der Waals surface area contributed by atoms with Gasteiger partial charge in [-0.05, 0) is 25.8 Å². The highest BCUT2D eigenvalue weighted by Gasteiger charge is 2.32. The van der Waals surface area contributed by atoms with E-state index in [4.69, 9.17) is 11.6 Å². The van der Waals surface area contributed by atoms with Crippen LogP contribution in [0.3, 0.4) is 0 Å². The molecule has 0 bridgehead atoms. The van der Waals surface area contributed by atoms with Crippen molar-refractivity contribution in [2.75, 3.05) is 0 Å². The van der Waals surface area contributed by atoms with Crippen molar-refractivity contribution < 1.29 is 9.72 Å². The summed E-state index contributed by atoms with van der Waals surface area (Å²) in [4.78, 5) is 26.3. The van der Waals surface area contributed by atoms with Crippen LogP contribution in [0, 0.1) is 10.1 Å². The predicted molar refractivity (Wildman–Crippen MR) is 74.9 cm³/mol. The third-order valence-corrected chi connectivity index (χ3v) is 3.96. The van der Waals surface area contributed by atoms with Crippen LogP contribution in [0.1, 0.15) is 49.4 Å². The zero-order chi connectivity index (χ0) is 14.8. The third-order valence-electron chi connectivity index (χ3n) is 3.68. The summed E-state index contributed by atoms with van der Waals surface area (Å²) in [5.41, 5.74) is -0.785. The van der Waals surface area contributed by atoms with Gasteiger partial charge in [-0.3, -0.25) is 14.9 Å². The second kappa shape index (κ2) is 5.75. The highest BCUT2D eigenvalue weighted by molar-refractivity contribution is 6.32. The van der Waals surface area contributed by atoms with E-state index in [1.54, 1.807) is 0 Å². The van der Waals surface area contributed by atoms with Gasteiger partial charge in [0.15, 0.2) is 0 Å². The monoisotopic (exact) mass is 297 g/mol. The van der Waals surface area contributed by atoms with E-state index in [2.05, 4.69) is 10.3 Å². The maximum absolute atomic E-state index is 12.3. The number of aromatic nitrogens is 1. The summed E-state index contributed by atoms with van der Waals surface area (Å²) in [7, 11) is 0. The Morgan fingerprint density at radius 2 is 2.10 bits per heavy atom. The fourth-order valence-corrected chi connectivity index (χ4v) is 2.81. The molecule has 0 saturated heterocycles. The highest BCUT2D eigenvalue weighted by atomic mass is 35.5. The number of halogens is 1. The van der Waals surface area contributed by atoms with Crippen LogP contribution in [-0.4, -0.2) is 21.4 Å². The lowest BCUT2D eigenvalue weighted by atomic mass is 9.83. The van der Waals surface area contributed by atoms with E-state index in [0.29, 0.717) is 0 Å². The van der Waals surface area contributed by atoms with Gasteiger partial charge in [-0.15, -0.1) is 0 Å². The Bertz CT molecular complexity index is 542. The average molecular weight is 298 g/mol. The van der Waals surface area contributed by atoms with E-state index in [9.17, 15) is 14.9 Å². The zero-order valence-corrected chi connectivity index (χ0v) is 11.9. The lowest BCUT2D eigenvalue weighted by molar-refractivity contribution is -0.385. The second-order valence-electron chi connectivity index (χ2n) is 5.33. The van der Waals surface area contributed by atoms with Crippen molar-refractivity contribution in [2.24, 2.45) is 0 Å².